The summed E-state index contributed by atoms with van der Waals surface area (Å²) in [5.74, 6) is 1.64. The molecule has 1 fully saturated rings. The number of carbonyl (C=O) groups excluding carboxylic acids is 1. The van der Waals surface area contributed by atoms with Gasteiger partial charge in [0.25, 0.3) is 0 Å². The maximum atomic E-state index is 12.6. The predicted octanol–water partition coefficient (Wildman–Crippen LogP) is 3.84. The number of para-hydroxylation sites is 1. The van der Waals surface area contributed by atoms with Crippen molar-refractivity contribution in [2.24, 2.45) is 5.92 Å². The van der Waals surface area contributed by atoms with Crippen LogP contribution in [0.15, 0.2) is 59.8 Å². The van der Waals surface area contributed by atoms with Gasteiger partial charge in [0.2, 0.25) is 5.91 Å². The van der Waals surface area contributed by atoms with Crippen molar-refractivity contribution in [3.63, 3.8) is 0 Å². The van der Waals surface area contributed by atoms with E-state index in [1.54, 1.807) is 14.0 Å². The third-order valence-electron chi connectivity index (χ3n) is 5.35. The van der Waals surface area contributed by atoms with E-state index >= 15 is 0 Å². The summed E-state index contributed by atoms with van der Waals surface area (Å²) in [4.78, 5) is 12.6. The van der Waals surface area contributed by atoms with Gasteiger partial charge >= 0.3 is 0 Å². The standard InChI is InChI=1S/C23H23N5O2S/c1-23(15-24,17-10-11-17)25-20(29)14-31-22-27-26-21(16-8-12-19(30-2)13-9-16)28(22)18-6-4-3-5-7-18/h3-9,12-13,17H,10-11,14H2,1-2H3,(H,25,29). The number of hydrogen-bond donors (Lipinski definition) is 1. The number of hydrogen-bond acceptors (Lipinski definition) is 6. The molecule has 1 aliphatic carbocycles. The Kier molecular flexibility index (Phi) is 5.96. The molecule has 1 atom stereocenters. The molecule has 1 heterocycles. The van der Waals surface area contributed by atoms with Crippen molar-refractivity contribution >= 4 is 17.7 Å². The molecule has 3 aromatic rings. The minimum atomic E-state index is -0.807. The number of thioether (sulfide) groups is 1. The van der Waals surface area contributed by atoms with Crippen LogP contribution in [0.3, 0.4) is 0 Å². The molecule has 1 unspecified atom stereocenters. The van der Waals surface area contributed by atoms with E-state index in [0.29, 0.717) is 11.0 Å². The van der Waals surface area contributed by atoms with E-state index in [0.717, 1.165) is 29.8 Å². The molecule has 0 radical (unpaired) electrons. The average molecular weight is 434 g/mol. The van der Waals surface area contributed by atoms with Crippen molar-refractivity contribution in [2.75, 3.05) is 12.9 Å². The Morgan fingerprint density at radius 3 is 2.55 bits per heavy atom. The summed E-state index contributed by atoms with van der Waals surface area (Å²) < 4.78 is 7.18. The number of aromatic nitrogens is 3. The molecular formula is C23H23N5O2S. The third kappa shape index (κ3) is 4.57. The monoisotopic (exact) mass is 433 g/mol. The van der Waals surface area contributed by atoms with Crippen LogP contribution in [0, 0.1) is 17.2 Å². The first kappa shape index (κ1) is 20.9. The molecule has 0 spiro atoms. The molecule has 0 bridgehead atoms. The van der Waals surface area contributed by atoms with Gasteiger partial charge < -0.3 is 10.1 Å². The first-order valence-electron chi connectivity index (χ1n) is 10.0. The van der Waals surface area contributed by atoms with Gasteiger partial charge in [-0.1, -0.05) is 30.0 Å². The highest BCUT2D eigenvalue weighted by atomic mass is 32.2. The second-order valence-corrected chi connectivity index (χ2v) is 8.57. The van der Waals surface area contributed by atoms with Crippen LogP contribution in [0.25, 0.3) is 17.1 Å². The summed E-state index contributed by atoms with van der Waals surface area (Å²) in [5.41, 5.74) is 0.985. The number of nitriles is 1. The van der Waals surface area contributed by atoms with Crippen LogP contribution < -0.4 is 10.1 Å². The minimum Gasteiger partial charge on any atom is -0.497 e. The van der Waals surface area contributed by atoms with Crippen LogP contribution in [-0.4, -0.2) is 39.1 Å². The molecule has 4 rings (SSSR count). The summed E-state index contributed by atoms with van der Waals surface area (Å²) in [6.45, 7) is 1.79. The Morgan fingerprint density at radius 2 is 1.94 bits per heavy atom. The number of methoxy groups -OCH3 is 1. The van der Waals surface area contributed by atoms with E-state index < -0.39 is 5.54 Å². The molecule has 158 valence electrons. The molecule has 1 aromatic heterocycles. The zero-order valence-corrected chi connectivity index (χ0v) is 18.2. The molecule has 1 aliphatic rings. The lowest BCUT2D eigenvalue weighted by Gasteiger charge is -2.22. The van der Waals surface area contributed by atoms with Gasteiger partial charge in [-0.3, -0.25) is 9.36 Å². The van der Waals surface area contributed by atoms with Crippen LogP contribution >= 0.6 is 11.8 Å². The molecule has 31 heavy (non-hydrogen) atoms. The molecule has 1 N–H and O–H groups in total. The fourth-order valence-electron chi connectivity index (χ4n) is 3.44. The van der Waals surface area contributed by atoms with Gasteiger partial charge in [0, 0.05) is 11.3 Å². The highest BCUT2D eigenvalue weighted by Gasteiger charge is 2.43. The average Bonchev–Trinajstić information content (AvgIpc) is 3.59. The van der Waals surface area contributed by atoms with Gasteiger partial charge in [-0.15, -0.1) is 10.2 Å². The summed E-state index contributed by atoms with van der Waals surface area (Å²) in [6, 6.07) is 19.6. The van der Waals surface area contributed by atoms with Crippen molar-refractivity contribution in [2.45, 2.75) is 30.5 Å². The van der Waals surface area contributed by atoms with Crippen LogP contribution in [0.2, 0.25) is 0 Å². The second-order valence-electron chi connectivity index (χ2n) is 7.63. The summed E-state index contributed by atoms with van der Waals surface area (Å²) >= 11 is 1.30. The predicted molar refractivity (Wildman–Crippen MR) is 119 cm³/mol. The van der Waals surface area contributed by atoms with Crippen molar-refractivity contribution < 1.29 is 9.53 Å². The van der Waals surface area contributed by atoms with Gasteiger partial charge in [0.1, 0.15) is 11.3 Å². The van der Waals surface area contributed by atoms with Gasteiger partial charge in [0.05, 0.1) is 18.9 Å². The number of benzene rings is 2. The zero-order valence-electron chi connectivity index (χ0n) is 17.4. The van der Waals surface area contributed by atoms with Crippen molar-refractivity contribution in [1.29, 1.82) is 5.26 Å². The number of nitrogens with one attached hydrogen (secondary N) is 1. The molecular weight excluding hydrogens is 410 g/mol. The minimum absolute atomic E-state index is 0.150. The maximum Gasteiger partial charge on any atom is 0.231 e. The van der Waals surface area contributed by atoms with Crippen LogP contribution in [0.1, 0.15) is 19.8 Å². The van der Waals surface area contributed by atoms with Crippen molar-refractivity contribution in [3.05, 3.63) is 54.6 Å². The Labute approximate surface area is 185 Å². The van der Waals surface area contributed by atoms with E-state index in [-0.39, 0.29) is 17.6 Å². The Balaban J connectivity index is 1.58. The van der Waals surface area contributed by atoms with Crippen LogP contribution in [-0.2, 0) is 4.79 Å². The number of carbonyl (C=O) groups is 1. The summed E-state index contributed by atoms with van der Waals surface area (Å²) in [7, 11) is 1.63. The number of ether oxygens (including phenoxy) is 1. The second kappa shape index (κ2) is 8.82. The van der Waals surface area contributed by atoms with E-state index in [1.165, 1.54) is 11.8 Å². The molecule has 7 nitrogen and oxygen atoms in total. The van der Waals surface area contributed by atoms with Crippen molar-refractivity contribution in [3.8, 4) is 28.9 Å². The summed E-state index contributed by atoms with van der Waals surface area (Å²) in [6.07, 6.45) is 1.95. The Bertz CT molecular complexity index is 1100. The van der Waals surface area contributed by atoms with Crippen LogP contribution in [0.5, 0.6) is 5.75 Å². The molecule has 2 aromatic carbocycles. The molecule has 8 heteroatoms. The first-order chi connectivity index (χ1) is 15.0. The highest BCUT2D eigenvalue weighted by molar-refractivity contribution is 7.99. The molecule has 1 saturated carbocycles. The summed E-state index contributed by atoms with van der Waals surface area (Å²) in [5, 5.41) is 21.7. The molecule has 0 aliphatic heterocycles. The quantitative estimate of drug-likeness (QED) is 0.543. The highest BCUT2D eigenvalue weighted by Crippen LogP contribution is 2.39. The normalized spacial score (nSPS) is 15.0. The fraction of sp³-hybridized carbons (Fsp3) is 0.304. The number of nitrogens with zero attached hydrogens (tertiary/aromatic N) is 4. The SMILES string of the molecule is COc1ccc(-c2nnc(SCC(=O)NC(C)(C#N)C3CC3)n2-c2ccccc2)cc1. The Morgan fingerprint density at radius 1 is 1.23 bits per heavy atom. The first-order valence-corrected chi connectivity index (χ1v) is 11.0. The van der Waals surface area contributed by atoms with Gasteiger partial charge in [-0.2, -0.15) is 5.26 Å². The lowest BCUT2D eigenvalue weighted by atomic mass is 9.98. The number of amides is 1. The fourth-order valence-corrected chi connectivity index (χ4v) is 4.19. The zero-order chi connectivity index (χ0) is 21.8. The van der Waals surface area contributed by atoms with Crippen molar-refractivity contribution in [1.82, 2.24) is 20.1 Å². The van der Waals surface area contributed by atoms with E-state index in [4.69, 9.17) is 4.74 Å². The van der Waals surface area contributed by atoms with E-state index in [9.17, 15) is 10.1 Å². The third-order valence-corrected chi connectivity index (χ3v) is 6.28. The lowest BCUT2D eigenvalue weighted by Crippen LogP contribution is -2.47. The van der Waals surface area contributed by atoms with E-state index in [2.05, 4.69) is 21.6 Å². The maximum absolute atomic E-state index is 12.6. The largest absolute Gasteiger partial charge is 0.497 e. The van der Waals surface area contributed by atoms with Gasteiger partial charge in [-0.25, -0.2) is 0 Å². The Hall–Kier alpha value is -3.31. The van der Waals surface area contributed by atoms with E-state index in [1.807, 2.05) is 59.2 Å². The topological polar surface area (TPSA) is 92.8 Å². The van der Waals surface area contributed by atoms with Gasteiger partial charge in [-0.05, 0) is 62.1 Å². The molecule has 0 saturated heterocycles. The lowest BCUT2D eigenvalue weighted by molar-refractivity contribution is -0.119. The smallest absolute Gasteiger partial charge is 0.231 e. The van der Waals surface area contributed by atoms with Gasteiger partial charge in [0.15, 0.2) is 11.0 Å². The molecule has 1 amide bonds. The van der Waals surface area contributed by atoms with Crippen LogP contribution in [0.4, 0.5) is 0 Å². The number of rotatable bonds is 8.